The SMILES string of the molecule is C=CCN(CC=C)c1ccc([N+]#N)cc1.C=CCN(CC=C)c1ccc([N+]#N)cc1.[O-]B([O-])F. The number of hydrogen-bond donors (Lipinski definition) is 0. The highest BCUT2D eigenvalue weighted by atomic mass is 19.1. The minimum absolute atomic E-state index is 0.552. The van der Waals surface area contributed by atoms with E-state index in [0.29, 0.717) is 11.4 Å². The van der Waals surface area contributed by atoms with E-state index in [9.17, 15) is 4.32 Å². The van der Waals surface area contributed by atoms with Crippen LogP contribution in [0.4, 0.5) is 27.1 Å². The predicted octanol–water partition coefficient (Wildman–Crippen LogP) is 4.36. The van der Waals surface area contributed by atoms with Crippen LogP contribution in [0.5, 0.6) is 0 Å². The Morgan fingerprint density at radius 2 is 0.912 bits per heavy atom. The van der Waals surface area contributed by atoms with Gasteiger partial charge in [0.2, 0.25) is 10.8 Å². The molecule has 0 fully saturated rings. The fraction of sp³-hybridized carbons (Fsp3) is 0.167. The number of anilines is 2. The number of hydrogen-bond acceptors (Lipinski definition) is 6. The van der Waals surface area contributed by atoms with E-state index < -0.39 is 7.40 Å². The summed E-state index contributed by atoms with van der Waals surface area (Å²) in [6.07, 6.45) is 7.36. The van der Waals surface area contributed by atoms with Crippen LogP contribution in [0.1, 0.15) is 0 Å². The zero-order chi connectivity index (χ0) is 25.8. The van der Waals surface area contributed by atoms with Crippen molar-refractivity contribution in [2.75, 3.05) is 36.0 Å². The highest BCUT2D eigenvalue weighted by Gasteiger charge is 2.07. The Hall–Kier alpha value is -4.25. The van der Waals surface area contributed by atoms with Crippen LogP contribution in [-0.4, -0.2) is 33.6 Å². The lowest BCUT2D eigenvalue weighted by molar-refractivity contribution is -0.366. The first-order chi connectivity index (χ1) is 16.4. The Labute approximate surface area is 200 Å². The van der Waals surface area contributed by atoms with E-state index in [1.165, 1.54) is 0 Å². The molecule has 0 heterocycles. The monoisotopic (exact) mass is 462 g/mol. The molecule has 0 radical (unpaired) electrons. The van der Waals surface area contributed by atoms with Crippen molar-refractivity contribution in [1.82, 2.24) is 0 Å². The van der Waals surface area contributed by atoms with Crippen LogP contribution in [0.15, 0.2) is 99.2 Å². The lowest BCUT2D eigenvalue weighted by atomic mass is 10.2. The minimum Gasteiger partial charge on any atom is -0.867 e. The smallest absolute Gasteiger partial charge is 0.385 e. The molecule has 0 unspecified atom stereocenters. The molecule has 10 heteroatoms. The standard InChI is InChI=1S/2C12H14N3.BFO2/c2*1-3-9-15(10-4-2)12-7-5-11(14-13)6-8-12;2-1(3)4/h2*3-8H,1-2,9-10H2;/q2*+1;-2. The molecule has 8 nitrogen and oxygen atoms in total. The Morgan fingerprint density at radius 1 is 0.676 bits per heavy atom. The second kappa shape index (κ2) is 18.3. The van der Waals surface area contributed by atoms with Crippen LogP contribution in [0.25, 0.3) is 9.95 Å². The van der Waals surface area contributed by atoms with Gasteiger partial charge in [0.05, 0.1) is 0 Å². The molecular weight excluding hydrogens is 434 g/mol. The molecule has 0 aliphatic carbocycles. The van der Waals surface area contributed by atoms with Gasteiger partial charge in [0.1, 0.15) is 7.40 Å². The van der Waals surface area contributed by atoms with E-state index in [1.54, 1.807) is 24.3 Å². The zero-order valence-electron chi connectivity index (χ0n) is 19.0. The lowest BCUT2D eigenvalue weighted by Crippen LogP contribution is -2.39. The van der Waals surface area contributed by atoms with Crippen molar-refractivity contribution in [2.24, 2.45) is 0 Å². The maximum atomic E-state index is 9.89. The molecule has 0 saturated heterocycles. The first kappa shape index (κ1) is 29.8. The van der Waals surface area contributed by atoms with Gasteiger partial charge in [0.15, 0.2) is 9.95 Å². The fourth-order valence-electron chi connectivity index (χ4n) is 2.65. The average Bonchev–Trinajstić information content (AvgIpc) is 2.84. The van der Waals surface area contributed by atoms with Gasteiger partial charge in [-0.05, 0) is 24.3 Å². The molecule has 0 aliphatic rings. The molecule has 0 amide bonds. The number of rotatable bonds is 10. The van der Waals surface area contributed by atoms with Gasteiger partial charge in [-0.15, -0.1) is 26.3 Å². The van der Waals surface area contributed by atoms with Gasteiger partial charge in [-0.25, -0.2) is 0 Å². The molecule has 0 aliphatic heterocycles. The molecule has 0 atom stereocenters. The third kappa shape index (κ3) is 12.6. The van der Waals surface area contributed by atoms with Gasteiger partial charge >= 0.3 is 11.4 Å². The van der Waals surface area contributed by atoms with Gasteiger partial charge in [-0.1, -0.05) is 24.3 Å². The van der Waals surface area contributed by atoms with Gasteiger partial charge in [0, 0.05) is 61.8 Å². The molecule has 0 N–H and O–H groups in total. The molecular formula is C24H28BFN6O2. The van der Waals surface area contributed by atoms with E-state index >= 15 is 0 Å². The van der Waals surface area contributed by atoms with Crippen molar-refractivity contribution in [3.05, 3.63) is 109 Å². The van der Waals surface area contributed by atoms with Crippen LogP contribution >= 0.6 is 0 Å². The Kier molecular flexibility index (Phi) is 16.0. The van der Waals surface area contributed by atoms with E-state index in [2.05, 4.69) is 46.1 Å². The Morgan fingerprint density at radius 3 is 1.09 bits per heavy atom. The summed E-state index contributed by atoms with van der Waals surface area (Å²) in [5, 5.41) is 33.7. The molecule has 176 valence electrons. The molecule has 0 bridgehead atoms. The maximum Gasteiger partial charge on any atom is 0.385 e. The van der Waals surface area contributed by atoms with Crippen LogP contribution in [0, 0.1) is 10.8 Å². The summed E-state index contributed by atoms with van der Waals surface area (Å²) < 4.78 is 9.89. The van der Waals surface area contributed by atoms with Crippen molar-refractivity contribution in [2.45, 2.75) is 0 Å². The Bertz CT molecular complexity index is 869. The number of diazo groups is 2. The summed E-state index contributed by atoms with van der Waals surface area (Å²) in [6, 6.07) is 14.7. The zero-order valence-corrected chi connectivity index (χ0v) is 19.0. The second-order valence-electron chi connectivity index (χ2n) is 6.47. The van der Waals surface area contributed by atoms with Crippen LogP contribution in [0.3, 0.4) is 0 Å². The van der Waals surface area contributed by atoms with Crippen molar-refractivity contribution in [1.29, 1.82) is 10.8 Å². The number of halogens is 1. The van der Waals surface area contributed by atoms with Crippen molar-refractivity contribution in [3.63, 3.8) is 0 Å². The summed E-state index contributed by atoms with van der Waals surface area (Å²) in [7, 11) is -3.17. The molecule has 2 aromatic carbocycles. The lowest BCUT2D eigenvalue weighted by Gasteiger charge is -2.20. The third-order valence-corrected chi connectivity index (χ3v) is 4.06. The second-order valence-corrected chi connectivity index (χ2v) is 6.47. The maximum absolute atomic E-state index is 9.89. The topological polar surface area (TPSA) is 109 Å². The van der Waals surface area contributed by atoms with E-state index in [4.69, 9.17) is 20.8 Å². The predicted molar refractivity (Wildman–Crippen MR) is 134 cm³/mol. The first-order valence-corrected chi connectivity index (χ1v) is 10.2. The average molecular weight is 462 g/mol. The van der Waals surface area contributed by atoms with Crippen LogP contribution < -0.4 is 19.8 Å². The highest BCUT2D eigenvalue weighted by Crippen LogP contribution is 2.20. The number of benzene rings is 2. The highest BCUT2D eigenvalue weighted by molar-refractivity contribution is 6.27. The Balaban J connectivity index is 0.000000554. The molecule has 34 heavy (non-hydrogen) atoms. The van der Waals surface area contributed by atoms with Crippen molar-refractivity contribution < 1.29 is 14.4 Å². The van der Waals surface area contributed by atoms with Gasteiger partial charge in [-0.3, -0.25) is 0 Å². The van der Waals surface area contributed by atoms with E-state index in [-0.39, 0.29) is 0 Å². The first-order valence-electron chi connectivity index (χ1n) is 10.2. The molecule has 0 spiro atoms. The molecule has 2 aromatic rings. The van der Waals surface area contributed by atoms with Crippen LogP contribution in [0.2, 0.25) is 0 Å². The van der Waals surface area contributed by atoms with E-state index in [1.807, 2.05) is 48.6 Å². The van der Waals surface area contributed by atoms with E-state index in [0.717, 1.165) is 37.6 Å². The van der Waals surface area contributed by atoms with Gasteiger partial charge in [-0.2, -0.15) is 0 Å². The summed E-state index contributed by atoms with van der Waals surface area (Å²) in [5.41, 5.74) is 3.22. The summed E-state index contributed by atoms with van der Waals surface area (Å²) >= 11 is 0. The summed E-state index contributed by atoms with van der Waals surface area (Å²) in [5.74, 6) is 0. The summed E-state index contributed by atoms with van der Waals surface area (Å²) in [4.78, 5) is 10.4. The van der Waals surface area contributed by atoms with Crippen molar-refractivity contribution >= 4 is 30.1 Å². The summed E-state index contributed by atoms with van der Waals surface area (Å²) in [6.45, 7) is 17.9. The van der Waals surface area contributed by atoms with Gasteiger partial charge < -0.3 is 24.2 Å². The number of nitrogens with zero attached hydrogens (tertiary/aromatic N) is 6. The normalized spacial score (nSPS) is 8.74. The molecule has 0 saturated carbocycles. The largest absolute Gasteiger partial charge is 0.867 e. The minimum atomic E-state index is -3.17. The van der Waals surface area contributed by atoms with Crippen molar-refractivity contribution in [3.8, 4) is 0 Å². The quantitative estimate of drug-likeness (QED) is 0.295. The van der Waals surface area contributed by atoms with Gasteiger partial charge in [0.25, 0.3) is 0 Å². The molecule has 2 rings (SSSR count). The fourth-order valence-corrected chi connectivity index (χ4v) is 2.65. The van der Waals surface area contributed by atoms with Crippen LogP contribution in [-0.2, 0) is 0 Å². The molecule has 0 aromatic heterocycles. The third-order valence-electron chi connectivity index (χ3n) is 4.06.